The van der Waals surface area contributed by atoms with Crippen LogP contribution in [0.4, 0.5) is 8.78 Å². The number of benzene rings is 2. The normalized spacial score (nSPS) is 15.5. The fourth-order valence-electron chi connectivity index (χ4n) is 3.09. The summed E-state index contributed by atoms with van der Waals surface area (Å²) in [7, 11) is -4.08. The highest BCUT2D eigenvalue weighted by atomic mass is 32.2. The van der Waals surface area contributed by atoms with E-state index in [9.17, 15) is 22.0 Å². The summed E-state index contributed by atoms with van der Waals surface area (Å²) in [6.45, 7) is 4.58. The fourth-order valence-corrected chi connectivity index (χ4v) is 5.59. The van der Waals surface area contributed by atoms with Crippen LogP contribution in [0.3, 0.4) is 0 Å². The molecule has 1 aliphatic rings. The molecule has 29 heavy (non-hydrogen) atoms. The van der Waals surface area contributed by atoms with E-state index in [2.05, 4.69) is 0 Å². The molecule has 3 rings (SSSR count). The van der Waals surface area contributed by atoms with Gasteiger partial charge in [0, 0.05) is 37.1 Å². The third-order valence-electron chi connectivity index (χ3n) is 4.80. The zero-order valence-corrected chi connectivity index (χ0v) is 17.8. The van der Waals surface area contributed by atoms with Crippen LogP contribution in [0.15, 0.2) is 46.2 Å². The molecule has 156 valence electrons. The minimum atomic E-state index is -4.08. The molecule has 0 spiro atoms. The van der Waals surface area contributed by atoms with Crippen LogP contribution < -0.4 is 0 Å². The lowest BCUT2D eigenvalue weighted by atomic mass is 10.2. The molecular weight excluding hydrogens is 418 g/mol. The van der Waals surface area contributed by atoms with Crippen LogP contribution in [0.2, 0.25) is 0 Å². The van der Waals surface area contributed by atoms with Gasteiger partial charge < -0.3 is 4.90 Å². The Bertz CT molecular complexity index is 1020. The first-order valence-corrected chi connectivity index (χ1v) is 11.5. The predicted octanol–water partition coefficient (Wildman–Crippen LogP) is 3.21. The fraction of sp³-hybridized carbons (Fsp3) is 0.350. The summed E-state index contributed by atoms with van der Waals surface area (Å²) < 4.78 is 53.4. The van der Waals surface area contributed by atoms with Gasteiger partial charge in [0.1, 0.15) is 16.5 Å². The number of sulfonamides is 1. The van der Waals surface area contributed by atoms with Gasteiger partial charge in [-0.25, -0.2) is 17.2 Å². The van der Waals surface area contributed by atoms with Crippen molar-refractivity contribution in [1.29, 1.82) is 0 Å². The number of hydrogen-bond acceptors (Lipinski definition) is 4. The van der Waals surface area contributed by atoms with Gasteiger partial charge >= 0.3 is 0 Å². The number of amides is 1. The van der Waals surface area contributed by atoms with E-state index < -0.39 is 26.6 Å². The van der Waals surface area contributed by atoms with Crippen molar-refractivity contribution >= 4 is 27.7 Å². The Morgan fingerprint density at radius 3 is 2.38 bits per heavy atom. The maximum atomic E-state index is 13.9. The van der Waals surface area contributed by atoms with Crippen molar-refractivity contribution in [3.05, 3.63) is 59.2 Å². The number of aryl methyl sites for hydroxylation is 2. The Balaban J connectivity index is 1.59. The van der Waals surface area contributed by atoms with Crippen molar-refractivity contribution in [2.24, 2.45) is 0 Å². The second-order valence-corrected chi connectivity index (χ2v) is 9.84. The molecule has 0 radical (unpaired) electrons. The number of carbonyl (C=O) groups is 1. The lowest BCUT2D eigenvalue weighted by Crippen LogP contribution is -2.51. The Hall–Kier alpha value is -1.97. The Labute approximate surface area is 173 Å². The Morgan fingerprint density at radius 2 is 1.72 bits per heavy atom. The van der Waals surface area contributed by atoms with E-state index in [1.165, 1.54) is 11.8 Å². The van der Waals surface area contributed by atoms with Crippen LogP contribution in [0, 0.1) is 25.5 Å². The molecule has 1 aliphatic heterocycles. The maximum Gasteiger partial charge on any atom is 0.246 e. The lowest BCUT2D eigenvalue weighted by Gasteiger charge is -2.34. The van der Waals surface area contributed by atoms with Gasteiger partial charge in [0.05, 0.1) is 5.75 Å². The monoisotopic (exact) mass is 440 g/mol. The molecule has 1 heterocycles. The van der Waals surface area contributed by atoms with Crippen LogP contribution in [-0.4, -0.2) is 55.5 Å². The highest BCUT2D eigenvalue weighted by molar-refractivity contribution is 8.00. The third-order valence-corrected chi connectivity index (χ3v) is 7.87. The largest absolute Gasteiger partial charge is 0.339 e. The topological polar surface area (TPSA) is 57.7 Å². The van der Waals surface area contributed by atoms with Crippen molar-refractivity contribution in [1.82, 2.24) is 9.21 Å². The number of thioether (sulfide) groups is 1. The van der Waals surface area contributed by atoms with Crippen LogP contribution >= 0.6 is 11.8 Å². The molecule has 0 N–H and O–H groups in total. The van der Waals surface area contributed by atoms with Crippen LogP contribution in [0.25, 0.3) is 0 Å². The summed E-state index contributed by atoms with van der Waals surface area (Å²) in [5.74, 6) is -1.75. The molecule has 2 aromatic rings. The molecule has 1 amide bonds. The number of carbonyl (C=O) groups excluding carboxylic acids is 1. The summed E-state index contributed by atoms with van der Waals surface area (Å²) >= 11 is 1.46. The summed E-state index contributed by atoms with van der Waals surface area (Å²) in [4.78, 5) is 14.6. The second kappa shape index (κ2) is 8.81. The minimum Gasteiger partial charge on any atom is -0.339 e. The lowest BCUT2D eigenvalue weighted by molar-refractivity contribution is -0.129. The number of piperazine rings is 1. The summed E-state index contributed by atoms with van der Waals surface area (Å²) in [5.41, 5.74) is 2.23. The number of nitrogens with zero attached hydrogens (tertiary/aromatic N) is 2. The van der Waals surface area contributed by atoms with Crippen LogP contribution in [0.1, 0.15) is 11.1 Å². The van der Waals surface area contributed by atoms with E-state index in [4.69, 9.17) is 0 Å². The van der Waals surface area contributed by atoms with Gasteiger partial charge in [-0.1, -0.05) is 17.7 Å². The SMILES string of the molecule is Cc1ccc(C)c(SCC(=O)N2CCN(S(=O)(=O)c3ccc(F)cc3F)CC2)c1. The molecule has 1 fully saturated rings. The zero-order valence-electron chi connectivity index (χ0n) is 16.2. The van der Waals surface area contributed by atoms with E-state index in [0.29, 0.717) is 6.07 Å². The minimum absolute atomic E-state index is 0.0685. The van der Waals surface area contributed by atoms with Gasteiger partial charge in [-0.05, 0) is 37.6 Å². The van der Waals surface area contributed by atoms with Crippen molar-refractivity contribution in [2.45, 2.75) is 23.6 Å². The molecule has 9 heteroatoms. The molecule has 0 aromatic heterocycles. The molecule has 2 aromatic carbocycles. The molecule has 0 saturated carbocycles. The molecule has 5 nitrogen and oxygen atoms in total. The summed E-state index contributed by atoms with van der Waals surface area (Å²) in [6, 6.07) is 8.47. The van der Waals surface area contributed by atoms with Crippen molar-refractivity contribution in [2.75, 3.05) is 31.9 Å². The Morgan fingerprint density at radius 1 is 1.03 bits per heavy atom. The molecule has 0 bridgehead atoms. The van der Waals surface area contributed by atoms with Crippen molar-refractivity contribution < 1.29 is 22.0 Å². The van der Waals surface area contributed by atoms with E-state index in [1.807, 2.05) is 32.0 Å². The third kappa shape index (κ3) is 4.96. The van der Waals surface area contributed by atoms with E-state index in [-0.39, 0.29) is 37.8 Å². The van der Waals surface area contributed by atoms with Gasteiger partial charge in [-0.3, -0.25) is 4.79 Å². The Kier molecular flexibility index (Phi) is 6.60. The van der Waals surface area contributed by atoms with Gasteiger partial charge in [0.15, 0.2) is 0 Å². The van der Waals surface area contributed by atoms with Gasteiger partial charge in [-0.2, -0.15) is 4.31 Å². The van der Waals surface area contributed by atoms with Gasteiger partial charge in [-0.15, -0.1) is 11.8 Å². The van der Waals surface area contributed by atoms with Crippen molar-refractivity contribution in [3.63, 3.8) is 0 Å². The smallest absolute Gasteiger partial charge is 0.246 e. The number of hydrogen-bond donors (Lipinski definition) is 0. The molecule has 0 unspecified atom stereocenters. The molecular formula is C20H22F2N2O3S2. The summed E-state index contributed by atoms with van der Waals surface area (Å²) in [5, 5.41) is 0. The first-order valence-electron chi connectivity index (χ1n) is 9.11. The van der Waals surface area contributed by atoms with E-state index >= 15 is 0 Å². The zero-order chi connectivity index (χ0) is 21.2. The van der Waals surface area contributed by atoms with Gasteiger partial charge in [0.25, 0.3) is 0 Å². The average Bonchev–Trinajstić information content (AvgIpc) is 2.68. The number of halogens is 2. The predicted molar refractivity (Wildman–Crippen MR) is 108 cm³/mol. The van der Waals surface area contributed by atoms with Gasteiger partial charge in [0.2, 0.25) is 15.9 Å². The maximum absolute atomic E-state index is 13.9. The first-order chi connectivity index (χ1) is 13.7. The second-order valence-electron chi connectivity index (χ2n) is 6.92. The van der Waals surface area contributed by atoms with Crippen LogP contribution in [-0.2, 0) is 14.8 Å². The first kappa shape index (κ1) is 21.7. The quantitative estimate of drug-likeness (QED) is 0.670. The van der Waals surface area contributed by atoms with E-state index in [1.54, 1.807) is 4.90 Å². The highest BCUT2D eigenvalue weighted by Gasteiger charge is 2.32. The standard InChI is InChI=1S/C20H22F2N2O3S2/c1-14-3-4-15(2)18(11-14)28-13-20(25)23-7-9-24(10-8-23)29(26,27)19-6-5-16(21)12-17(19)22/h3-6,11-12H,7-10,13H2,1-2H3. The number of rotatable bonds is 5. The van der Waals surface area contributed by atoms with Crippen LogP contribution in [0.5, 0.6) is 0 Å². The van der Waals surface area contributed by atoms with E-state index in [0.717, 1.165) is 32.5 Å². The molecule has 1 saturated heterocycles. The molecule has 0 aliphatic carbocycles. The van der Waals surface area contributed by atoms with Crippen molar-refractivity contribution in [3.8, 4) is 0 Å². The molecule has 0 atom stereocenters. The average molecular weight is 441 g/mol. The summed E-state index contributed by atoms with van der Waals surface area (Å²) in [6.07, 6.45) is 0. The highest BCUT2D eigenvalue weighted by Crippen LogP contribution is 2.25.